The van der Waals surface area contributed by atoms with Gasteiger partial charge in [-0.3, -0.25) is 14.3 Å². The predicted octanol–water partition coefficient (Wildman–Crippen LogP) is 5.45. The molecule has 1 saturated heterocycles. The molecule has 0 unspecified atom stereocenters. The van der Waals surface area contributed by atoms with Crippen molar-refractivity contribution in [3.63, 3.8) is 0 Å². The van der Waals surface area contributed by atoms with Crippen LogP contribution in [0.25, 0.3) is 10.8 Å². The Labute approximate surface area is 191 Å². The molecule has 2 aromatic carbocycles. The fourth-order valence-electron chi connectivity index (χ4n) is 4.40. The summed E-state index contributed by atoms with van der Waals surface area (Å²) >= 11 is 0. The SMILES string of the molecule is CC(C)Oc1cccc(N2CCN(CCCCCC(=O)n3cc4ccccc4c3)CC2)c1. The number of ether oxygens (including phenoxy) is 1. The summed E-state index contributed by atoms with van der Waals surface area (Å²) in [6, 6.07) is 16.6. The Kier molecular flexibility index (Phi) is 7.48. The fourth-order valence-corrected chi connectivity index (χ4v) is 4.40. The zero-order valence-corrected chi connectivity index (χ0v) is 19.4. The molecule has 0 bridgehead atoms. The Morgan fingerprint density at radius 2 is 1.62 bits per heavy atom. The first-order valence-electron chi connectivity index (χ1n) is 11.9. The summed E-state index contributed by atoms with van der Waals surface area (Å²) in [5, 5.41) is 2.25. The van der Waals surface area contributed by atoms with E-state index in [4.69, 9.17) is 4.74 Å². The molecule has 0 spiro atoms. The number of hydrogen-bond acceptors (Lipinski definition) is 4. The van der Waals surface area contributed by atoms with Crippen molar-refractivity contribution in [1.82, 2.24) is 9.47 Å². The van der Waals surface area contributed by atoms with Gasteiger partial charge >= 0.3 is 0 Å². The van der Waals surface area contributed by atoms with Gasteiger partial charge < -0.3 is 9.64 Å². The van der Waals surface area contributed by atoms with Crippen LogP contribution in [-0.2, 0) is 0 Å². The van der Waals surface area contributed by atoms with Gasteiger partial charge in [0, 0.05) is 56.7 Å². The van der Waals surface area contributed by atoms with Gasteiger partial charge in [-0.2, -0.15) is 0 Å². The molecule has 4 rings (SSSR count). The van der Waals surface area contributed by atoms with Crippen molar-refractivity contribution in [2.75, 3.05) is 37.6 Å². The standard InChI is InChI=1S/C27H35N3O2/c1-22(2)32-26-12-8-11-25(19-26)29-17-15-28(16-18-29)14-7-3-4-13-27(31)30-20-23-9-5-6-10-24(23)21-30/h5-6,8-12,19-22H,3-4,7,13-18H2,1-2H3. The van der Waals surface area contributed by atoms with Crippen LogP contribution in [0.1, 0.15) is 44.3 Å². The molecule has 1 aliphatic heterocycles. The minimum atomic E-state index is 0.193. The van der Waals surface area contributed by atoms with Gasteiger partial charge in [-0.05, 0) is 56.1 Å². The van der Waals surface area contributed by atoms with Crippen LogP contribution in [0.5, 0.6) is 5.75 Å². The number of nitrogens with zero attached hydrogens (tertiary/aromatic N) is 3. The Bertz CT molecular complexity index is 985. The van der Waals surface area contributed by atoms with E-state index in [-0.39, 0.29) is 12.0 Å². The quantitative estimate of drug-likeness (QED) is 0.421. The van der Waals surface area contributed by atoms with Crippen LogP contribution in [-0.4, -0.2) is 54.2 Å². The third-order valence-corrected chi connectivity index (χ3v) is 6.13. The molecular formula is C27H35N3O2. The minimum Gasteiger partial charge on any atom is -0.491 e. The maximum Gasteiger partial charge on any atom is 0.230 e. The Morgan fingerprint density at radius 3 is 2.31 bits per heavy atom. The first-order chi connectivity index (χ1) is 15.6. The van der Waals surface area contributed by atoms with Crippen LogP contribution in [0.15, 0.2) is 60.9 Å². The highest BCUT2D eigenvalue weighted by Crippen LogP contribution is 2.23. The van der Waals surface area contributed by atoms with Gasteiger partial charge in [0.05, 0.1) is 6.10 Å². The van der Waals surface area contributed by atoms with Gasteiger partial charge in [0.2, 0.25) is 5.91 Å². The van der Waals surface area contributed by atoms with Crippen LogP contribution in [0.4, 0.5) is 5.69 Å². The van der Waals surface area contributed by atoms with Crippen molar-refractivity contribution >= 4 is 22.4 Å². The van der Waals surface area contributed by atoms with Crippen LogP contribution in [0.2, 0.25) is 0 Å². The Hall–Kier alpha value is -2.79. The van der Waals surface area contributed by atoms with Crippen molar-refractivity contribution in [2.45, 2.75) is 45.6 Å². The molecule has 2 heterocycles. The predicted molar refractivity (Wildman–Crippen MR) is 132 cm³/mol. The second kappa shape index (κ2) is 10.7. The summed E-state index contributed by atoms with van der Waals surface area (Å²) in [6.07, 6.45) is 7.91. The maximum absolute atomic E-state index is 12.5. The van der Waals surface area contributed by atoms with Crippen molar-refractivity contribution in [1.29, 1.82) is 0 Å². The minimum absolute atomic E-state index is 0.193. The number of piperazine rings is 1. The topological polar surface area (TPSA) is 37.7 Å². The average molecular weight is 434 g/mol. The van der Waals surface area contributed by atoms with E-state index in [1.54, 1.807) is 4.57 Å². The number of benzene rings is 2. The first kappa shape index (κ1) is 22.4. The Morgan fingerprint density at radius 1 is 0.906 bits per heavy atom. The molecule has 0 saturated carbocycles. The number of aromatic nitrogens is 1. The molecular weight excluding hydrogens is 398 g/mol. The fraction of sp³-hybridized carbons (Fsp3) is 0.444. The van der Waals surface area contributed by atoms with Crippen molar-refractivity contribution in [2.24, 2.45) is 0 Å². The number of fused-ring (bicyclic) bond motifs is 1. The van der Waals surface area contributed by atoms with Crippen molar-refractivity contribution < 1.29 is 9.53 Å². The second-order valence-electron chi connectivity index (χ2n) is 8.99. The summed E-state index contributed by atoms with van der Waals surface area (Å²) in [5.41, 5.74) is 1.25. The zero-order valence-electron chi connectivity index (χ0n) is 19.4. The van der Waals surface area contributed by atoms with E-state index in [1.165, 1.54) is 5.69 Å². The smallest absolute Gasteiger partial charge is 0.230 e. The summed E-state index contributed by atoms with van der Waals surface area (Å²) in [7, 11) is 0. The number of carbonyl (C=O) groups is 1. The monoisotopic (exact) mass is 433 g/mol. The van der Waals surface area contributed by atoms with E-state index in [0.717, 1.165) is 68.5 Å². The highest BCUT2D eigenvalue weighted by molar-refractivity contribution is 5.89. The molecule has 0 amide bonds. The van der Waals surface area contributed by atoms with Crippen LogP contribution >= 0.6 is 0 Å². The van der Waals surface area contributed by atoms with Gasteiger partial charge in [0.1, 0.15) is 5.75 Å². The third-order valence-electron chi connectivity index (χ3n) is 6.13. The number of hydrogen-bond donors (Lipinski definition) is 0. The summed E-state index contributed by atoms with van der Waals surface area (Å²) in [6.45, 7) is 9.50. The van der Waals surface area contributed by atoms with Crippen molar-refractivity contribution in [3.05, 3.63) is 60.9 Å². The third kappa shape index (κ3) is 5.92. The summed E-state index contributed by atoms with van der Waals surface area (Å²) < 4.78 is 7.60. The number of anilines is 1. The molecule has 32 heavy (non-hydrogen) atoms. The Balaban J connectivity index is 1.14. The number of unbranched alkanes of at least 4 members (excludes halogenated alkanes) is 2. The molecule has 5 nitrogen and oxygen atoms in total. The van der Waals surface area contributed by atoms with Crippen LogP contribution in [0.3, 0.4) is 0 Å². The number of rotatable bonds is 9. The van der Waals surface area contributed by atoms with Gasteiger partial charge in [0.25, 0.3) is 0 Å². The molecule has 3 aromatic rings. The first-order valence-corrected chi connectivity index (χ1v) is 11.9. The zero-order chi connectivity index (χ0) is 22.3. The number of carbonyl (C=O) groups excluding carboxylic acids is 1. The molecule has 1 aromatic heterocycles. The van der Waals surface area contributed by atoms with Gasteiger partial charge in [0.15, 0.2) is 0 Å². The van der Waals surface area contributed by atoms with E-state index >= 15 is 0 Å². The highest BCUT2D eigenvalue weighted by Gasteiger charge is 2.17. The largest absolute Gasteiger partial charge is 0.491 e. The lowest BCUT2D eigenvalue weighted by Gasteiger charge is -2.36. The summed E-state index contributed by atoms with van der Waals surface area (Å²) in [5.74, 6) is 1.14. The lowest BCUT2D eigenvalue weighted by Crippen LogP contribution is -2.46. The van der Waals surface area contributed by atoms with E-state index in [2.05, 4.69) is 54.0 Å². The van der Waals surface area contributed by atoms with Crippen molar-refractivity contribution in [3.8, 4) is 5.75 Å². The molecule has 5 heteroatoms. The van der Waals surface area contributed by atoms with Gasteiger partial charge in [-0.15, -0.1) is 0 Å². The molecule has 0 atom stereocenters. The normalized spacial score (nSPS) is 14.9. The average Bonchev–Trinajstić information content (AvgIpc) is 3.23. The van der Waals surface area contributed by atoms with E-state index in [9.17, 15) is 4.79 Å². The highest BCUT2D eigenvalue weighted by atomic mass is 16.5. The van der Waals surface area contributed by atoms with Gasteiger partial charge in [-0.25, -0.2) is 0 Å². The van der Waals surface area contributed by atoms with Gasteiger partial charge in [-0.1, -0.05) is 36.8 Å². The van der Waals surface area contributed by atoms with E-state index in [1.807, 2.05) is 30.6 Å². The molecule has 1 aliphatic rings. The van der Waals surface area contributed by atoms with E-state index in [0.29, 0.717) is 6.42 Å². The molecule has 0 N–H and O–H groups in total. The maximum atomic E-state index is 12.5. The van der Waals surface area contributed by atoms with Crippen LogP contribution < -0.4 is 9.64 Å². The second-order valence-corrected chi connectivity index (χ2v) is 8.99. The molecule has 0 aliphatic carbocycles. The molecule has 0 radical (unpaired) electrons. The summed E-state index contributed by atoms with van der Waals surface area (Å²) in [4.78, 5) is 17.5. The lowest BCUT2D eigenvalue weighted by molar-refractivity contribution is 0.0899. The lowest BCUT2D eigenvalue weighted by atomic mass is 10.1. The van der Waals surface area contributed by atoms with E-state index < -0.39 is 0 Å². The molecule has 170 valence electrons. The van der Waals surface area contributed by atoms with Crippen LogP contribution in [0, 0.1) is 0 Å². The molecule has 1 fully saturated rings.